The van der Waals surface area contributed by atoms with Gasteiger partial charge in [0, 0.05) is 13.1 Å². The van der Waals surface area contributed by atoms with E-state index in [0.717, 1.165) is 31.8 Å². The average molecular weight is 203 g/mol. The Morgan fingerprint density at radius 2 is 2.15 bits per heavy atom. The molecule has 1 heterocycles. The highest BCUT2D eigenvalue weighted by atomic mass is 32.2. The molecule has 1 amide bonds. The van der Waals surface area contributed by atoms with Gasteiger partial charge in [0.25, 0.3) is 0 Å². The first-order chi connectivity index (χ1) is 6.24. The molecular formula is C9H17NO2S. The van der Waals surface area contributed by atoms with Crippen molar-refractivity contribution in [1.82, 2.24) is 4.90 Å². The molecule has 0 aromatic heterocycles. The van der Waals surface area contributed by atoms with Gasteiger partial charge >= 0.3 is 6.09 Å². The second kappa shape index (κ2) is 5.37. The van der Waals surface area contributed by atoms with E-state index in [2.05, 4.69) is 6.26 Å². The molecular weight excluding hydrogens is 186 g/mol. The van der Waals surface area contributed by atoms with E-state index < -0.39 is 6.09 Å². The zero-order chi connectivity index (χ0) is 9.68. The van der Waals surface area contributed by atoms with Gasteiger partial charge in [-0.05, 0) is 37.2 Å². The van der Waals surface area contributed by atoms with Gasteiger partial charge in [-0.2, -0.15) is 11.8 Å². The fourth-order valence-corrected chi connectivity index (χ4v) is 2.27. The molecule has 1 saturated heterocycles. The number of rotatable bonds is 3. The fraction of sp³-hybridized carbons (Fsp3) is 0.889. The van der Waals surface area contributed by atoms with Crippen LogP contribution in [-0.4, -0.2) is 41.2 Å². The Labute approximate surface area is 83.5 Å². The monoisotopic (exact) mass is 203 g/mol. The minimum absolute atomic E-state index is 0.731. The van der Waals surface area contributed by atoms with Crippen LogP contribution in [0.1, 0.15) is 19.3 Å². The first-order valence-electron chi connectivity index (χ1n) is 4.71. The SMILES string of the molecule is CSCCC1CCN(C(=O)O)CC1. The fourth-order valence-electron chi connectivity index (χ4n) is 1.70. The summed E-state index contributed by atoms with van der Waals surface area (Å²) in [4.78, 5) is 12.1. The zero-order valence-corrected chi connectivity index (χ0v) is 8.85. The molecule has 3 nitrogen and oxygen atoms in total. The second-order valence-corrected chi connectivity index (χ2v) is 4.48. The third kappa shape index (κ3) is 3.46. The number of hydrogen-bond donors (Lipinski definition) is 1. The summed E-state index contributed by atoms with van der Waals surface area (Å²) in [6.07, 6.45) is 4.70. The average Bonchev–Trinajstić information content (AvgIpc) is 2.15. The number of thioether (sulfide) groups is 1. The van der Waals surface area contributed by atoms with Gasteiger partial charge in [0.2, 0.25) is 0 Å². The topological polar surface area (TPSA) is 40.5 Å². The summed E-state index contributed by atoms with van der Waals surface area (Å²) in [7, 11) is 0. The normalized spacial score (nSPS) is 19.0. The Hall–Kier alpha value is -0.380. The van der Waals surface area contributed by atoms with E-state index in [0.29, 0.717) is 0 Å². The molecule has 4 heteroatoms. The van der Waals surface area contributed by atoms with Crippen molar-refractivity contribution in [3.05, 3.63) is 0 Å². The highest BCUT2D eigenvalue weighted by Gasteiger charge is 2.21. The zero-order valence-electron chi connectivity index (χ0n) is 8.03. The van der Waals surface area contributed by atoms with E-state index >= 15 is 0 Å². The summed E-state index contributed by atoms with van der Waals surface area (Å²) in [6, 6.07) is 0. The maximum atomic E-state index is 10.6. The van der Waals surface area contributed by atoms with Gasteiger partial charge in [0.05, 0.1) is 0 Å². The van der Waals surface area contributed by atoms with Gasteiger partial charge in [0.1, 0.15) is 0 Å². The summed E-state index contributed by atoms with van der Waals surface area (Å²) in [5.74, 6) is 1.96. The van der Waals surface area contributed by atoms with Crippen LogP contribution in [0.15, 0.2) is 0 Å². The second-order valence-electron chi connectivity index (χ2n) is 3.49. The number of nitrogens with zero attached hydrogens (tertiary/aromatic N) is 1. The van der Waals surface area contributed by atoms with Gasteiger partial charge in [-0.15, -0.1) is 0 Å². The van der Waals surface area contributed by atoms with E-state index in [1.165, 1.54) is 17.1 Å². The molecule has 0 radical (unpaired) electrons. The predicted molar refractivity (Wildman–Crippen MR) is 55.3 cm³/mol. The lowest BCUT2D eigenvalue weighted by Crippen LogP contribution is -2.37. The lowest BCUT2D eigenvalue weighted by atomic mass is 9.95. The molecule has 1 aliphatic rings. The quantitative estimate of drug-likeness (QED) is 0.764. The van der Waals surface area contributed by atoms with Crippen LogP contribution in [0.5, 0.6) is 0 Å². The van der Waals surface area contributed by atoms with Crippen LogP contribution in [0.3, 0.4) is 0 Å². The van der Waals surface area contributed by atoms with Crippen LogP contribution < -0.4 is 0 Å². The van der Waals surface area contributed by atoms with Gasteiger partial charge in [-0.1, -0.05) is 0 Å². The minimum Gasteiger partial charge on any atom is -0.465 e. The highest BCUT2D eigenvalue weighted by Crippen LogP contribution is 2.21. The Balaban J connectivity index is 2.18. The molecule has 13 heavy (non-hydrogen) atoms. The van der Waals surface area contributed by atoms with Crippen LogP contribution in [0.25, 0.3) is 0 Å². The number of hydrogen-bond acceptors (Lipinski definition) is 2. The summed E-state index contributed by atoms with van der Waals surface area (Å²) in [6.45, 7) is 1.46. The highest BCUT2D eigenvalue weighted by molar-refractivity contribution is 7.98. The lowest BCUT2D eigenvalue weighted by Gasteiger charge is -2.29. The standard InChI is InChI=1S/C9H17NO2S/c1-13-7-4-8-2-5-10(6-3-8)9(11)12/h8H,2-7H2,1H3,(H,11,12). The molecule has 0 aliphatic carbocycles. The Morgan fingerprint density at radius 3 is 2.62 bits per heavy atom. The lowest BCUT2D eigenvalue weighted by molar-refractivity contribution is 0.124. The maximum absolute atomic E-state index is 10.6. The number of likely N-dealkylation sites (tertiary alicyclic amines) is 1. The van der Waals surface area contributed by atoms with Crippen molar-refractivity contribution in [3.8, 4) is 0 Å². The molecule has 0 saturated carbocycles. The van der Waals surface area contributed by atoms with Crippen molar-refractivity contribution in [3.63, 3.8) is 0 Å². The maximum Gasteiger partial charge on any atom is 0.407 e. The molecule has 0 spiro atoms. The van der Waals surface area contributed by atoms with Crippen molar-refractivity contribution in [2.75, 3.05) is 25.1 Å². The van der Waals surface area contributed by atoms with Gasteiger partial charge in [-0.3, -0.25) is 0 Å². The summed E-state index contributed by atoms with van der Waals surface area (Å²) < 4.78 is 0. The van der Waals surface area contributed by atoms with Crippen molar-refractivity contribution in [2.45, 2.75) is 19.3 Å². The smallest absolute Gasteiger partial charge is 0.407 e. The third-order valence-corrected chi connectivity index (χ3v) is 3.26. The van der Waals surface area contributed by atoms with E-state index in [9.17, 15) is 4.79 Å². The summed E-state index contributed by atoms with van der Waals surface area (Å²) in [5, 5.41) is 8.72. The van der Waals surface area contributed by atoms with Crippen LogP contribution in [0.2, 0.25) is 0 Å². The van der Waals surface area contributed by atoms with Crippen LogP contribution in [0.4, 0.5) is 4.79 Å². The van der Waals surface area contributed by atoms with Crippen LogP contribution in [0, 0.1) is 5.92 Å². The van der Waals surface area contributed by atoms with Crippen molar-refractivity contribution in [1.29, 1.82) is 0 Å². The largest absolute Gasteiger partial charge is 0.465 e. The molecule has 0 bridgehead atoms. The molecule has 0 unspecified atom stereocenters. The first-order valence-corrected chi connectivity index (χ1v) is 6.10. The molecule has 0 aromatic rings. The molecule has 1 N–H and O–H groups in total. The minimum atomic E-state index is -0.761. The van der Waals surface area contributed by atoms with Crippen molar-refractivity contribution >= 4 is 17.9 Å². The molecule has 1 aliphatic heterocycles. The first kappa shape index (κ1) is 10.7. The Kier molecular flexibility index (Phi) is 4.42. The van der Waals surface area contributed by atoms with E-state index in [-0.39, 0.29) is 0 Å². The molecule has 0 aromatic carbocycles. The molecule has 76 valence electrons. The number of amides is 1. The molecule has 1 rings (SSSR count). The number of carboxylic acid groups (broad SMARTS) is 1. The van der Waals surface area contributed by atoms with Gasteiger partial charge in [-0.25, -0.2) is 4.79 Å². The van der Waals surface area contributed by atoms with E-state index in [4.69, 9.17) is 5.11 Å². The van der Waals surface area contributed by atoms with Gasteiger partial charge < -0.3 is 10.0 Å². The predicted octanol–water partition coefficient (Wildman–Crippen LogP) is 2.13. The van der Waals surface area contributed by atoms with Gasteiger partial charge in [0.15, 0.2) is 0 Å². The summed E-state index contributed by atoms with van der Waals surface area (Å²) in [5.41, 5.74) is 0. The molecule has 1 fully saturated rings. The van der Waals surface area contributed by atoms with Crippen molar-refractivity contribution in [2.24, 2.45) is 5.92 Å². The van der Waals surface area contributed by atoms with Crippen LogP contribution in [-0.2, 0) is 0 Å². The summed E-state index contributed by atoms with van der Waals surface area (Å²) >= 11 is 1.87. The van der Waals surface area contributed by atoms with Crippen LogP contribution >= 0.6 is 11.8 Å². The van der Waals surface area contributed by atoms with Crippen molar-refractivity contribution < 1.29 is 9.90 Å². The van der Waals surface area contributed by atoms with E-state index in [1.54, 1.807) is 0 Å². The Morgan fingerprint density at radius 1 is 1.54 bits per heavy atom. The van der Waals surface area contributed by atoms with E-state index in [1.807, 2.05) is 11.8 Å². The third-order valence-electron chi connectivity index (χ3n) is 2.62. The Bertz CT molecular complexity index is 167. The number of piperidine rings is 1. The number of carbonyl (C=O) groups is 1. The molecule has 0 atom stereocenters.